The lowest BCUT2D eigenvalue weighted by atomic mass is 10.1. The molecular weight excluding hydrogens is 274 g/mol. The van der Waals surface area contributed by atoms with Crippen LogP contribution in [0.4, 0.5) is 4.20 Å². The maximum absolute atomic E-state index is 13.3. The van der Waals surface area contributed by atoms with Crippen LogP contribution in [0.5, 0.6) is 0 Å². The van der Waals surface area contributed by atoms with Gasteiger partial charge in [-0.1, -0.05) is 78.1 Å². The molecule has 0 radical (unpaired) electrons. The summed E-state index contributed by atoms with van der Waals surface area (Å²) in [5, 5.41) is 0. The van der Waals surface area contributed by atoms with Crippen LogP contribution in [-0.4, -0.2) is 13.2 Å². The predicted octanol–water partition coefficient (Wildman–Crippen LogP) is 6.94. The lowest BCUT2D eigenvalue weighted by Gasteiger charge is -2.08. The molecule has 0 unspecified atom stereocenters. The lowest BCUT2D eigenvalue weighted by Crippen LogP contribution is -1.93. The molecule has 0 rings (SSSR count). The first-order chi connectivity index (χ1) is 9.81. The van der Waals surface area contributed by atoms with Crippen LogP contribution < -0.4 is 0 Å². The van der Waals surface area contributed by atoms with Gasteiger partial charge >= 0.3 is 8.69 Å². The van der Waals surface area contributed by atoms with Gasteiger partial charge in [0.1, 0.15) is 0 Å². The van der Waals surface area contributed by atoms with Crippen molar-refractivity contribution in [3.63, 3.8) is 0 Å². The average Bonchev–Trinajstić information content (AvgIpc) is 2.45. The van der Waals surface area contributed by atoms with Gasteiger partial charge < -0.3 is 9.05 Å². The van der Waals surface area contributed by atoms with Crippen molar-refractivity contribution in [3.05, 3.63) is 0 Å². The van der Waals surface area contributed by atoms with Crippen molar-refractivity contribution in [2.24, 2.45) is 0 Å². The van der Waals surface area contributed by atoms with Crippen LogP contribution in [0, 0.1) is 0 Å². The summed E-state index contributed by atoms with van der Waals surface area (Å²) in [6, 6.07) is 0. The molecule has 0 bridgehead atoms. The third kappa shape index (κ3) is 16.3. The largest absolute Gasteiger partial charge is 0.374 e. The topological polar surface area (TPSA) is 18.5 Å². The van der Waals surface area contributed by atoms with Gasteiger partial charge in [-0.05, 0) is 12.8 Å². The van der Waals surface area contributed by atoms with Gasteiger partial charge in [0.05, 0.1) is 13.2 Å². The second kappa shape index (κ2) is 17.3. The second-order valence-corrected chi connectivity index (χ2v) is 6.36. The van der Waals surface area contributed by atoms with Crippen LogP contribution in [0.2, 0.25) is 0 Å². The Kier molecular flexibility index (Phi) is 17.6. The third-order valence-corrected chi connectivity index (χ3v) is 4.15. The number of halogens is 1. The molecule has 0 aliphatic heterocycles. The molecule has 0 heterocycles. The van der Waals surface area contributed by atoms with Crippen molar-refractivity contribution in [2.75, 3.05) is 13.2 Å². The Morgan fingerprint density at radius 1 is 0.600 bits per heavy atom. The molecule has 0 aliphatic rings. The number of unbranched alkanes of at least 4 members (excludes halogenated alkanes) is 10. The monoisotopic (exact) mass is 308 g/mol. The SMILES string of the molecule is CCCCCCCCOP(F)OCCCCCCCC. The Hall–Kier alpha value is 0.280. The van der Waals surface area contributed by atoms with Crippen molar-refractivity contribution in [3.8, 4) is 0 Å². The highest BCUT2D eigenvalue weighted by Gasteiger charge is 2.08. The first kappa shape index (κ1) is 20.3. The van der Waals surface area contributed by atoms with Crippen LogP contribution in [0.1, 0.15) is 90.9 Å². The molecule has 0 aromatic rings. The Morgan fingerprint density at radius 3 is 1.35 bits per heavy atom. The molecule has 0 N–H and O–H groups in total. The van der Waals surface area contributed by atoms with E-state index in [0.717, 1.165) is 25.7 Å². The molecule has 122 valence electrons. The van der Waals surface area contributed by atoms with Crippen LogP contribution in [0.25, 0.3) is 0 Å². The molecular formula is C16H34FO2P. The van der Waals surface area contributed by atoms with Crippen LogP contribution >= 0.6 is 8.69 Å². The highest BCUT2D eigenvalue weighted by atomic mass is 31.2. The van der Waals surface area contributed by atoms with Crippen LogP contribution in [0.3, 0.4) is 0 Å². The van der Waals surface area contributed by atoms with Crippen LogP contribution in [-0.2, 0) is 9.05 Å². The standard InChI is InChI=1S/C16H34FO2P/c1-3-5-7-9-11-13-15-18-20(17)19-16-14-12-10-8-6-4-2/h3-16H2,1-2H3. The second-order valence-electron chi connectivity index (χ2n) is 5.41. The fourth-order valence-corrected chi connectivity index (χ4v) is 2.69. The maximum atomic E-state index is 13.3. The normalized spacial score (nSPS) is 11.4. The summed E-state index contributed by atoms with van der Waals surface area (Å²) in [6.07, 6.45) is 14.4. The van der Waals surface area contributed by atoms with Gasteiger partial charge in [-0.3, -0.25) is 0 Å². The van der Waals surface area contributed by atoms with Crippen molar-refractivity contribution in [1.82, 2.24) is 0 Å². The van der Waals surface area contributed by atoms with Gasteiger partial charge in [0, 0.05) is 0 Å². The van der Waals surface area contributed by atoms with E-state index in [1.54, 1.807) is 0 Å². The summed E-state index contributed by atoms with van der Waals surface area (Å²) in [7, 11) is -2.14. The molecule has 2 nitrogen and oxygen atoms in total. The molecule has 0 fully saturated rings. The molecule has 0 aliphatic carbocycles. The van der Waals surface area contributed by atoms with Crippen molar-refractivity contribution in [1.29, 1.82) is 0 Å². The smallest absolute Gasteiger partial charge is 0.309 e. The number of hydrogen-bond donors (Lipinski definition) is 0. The van der Waals surface area contributed by atoms with E-state index in [0.29, 0.717) is 13.2 Å². The lowest BCUT2D eigenvalue weighted by molar-refractivity contribution is 0.216. The van der Waals surface area contributed by atoms with E-state index in [1.165, 1.54) is 51.4 Å². The van der Waals surface area contributed by atoms with E-state index in [2.05, 4.69) is 13.8 Å². The Morgan fingerprint density at radius 2 is 0.950 bits per heavy atom. The summed E-state index contributed by atoms with van der Waals surface area (Å²) in [6.45, 7) is 5.43. The number of rotatable bonds is 16. The van der Waals surface area contributed by atoms with Gasteiger partial charge in [0.25, 0.3) is 0 Å². The van der Waals surface area contributed by atoms with Gasteiger partial charge in [0.15, 0.2) is 0 Å². The fourth-order valence-electron chi connectivity index (χ4n) is 2.07. The maximum Gasteiger partial charge on any atom is 0.374 e. The van der Waals surface area contributed by atoms with Gasteiger partial charge in [-0.2, -0.15) is 4.20 Å². The Balaban J connectivity index is 3.11. The molecule has 4 heteroatoms. The molecule has 0 atom stereocenters. The summed E-state index contributed by atoms with van der Waals surface area (Å²) in [4.78, 5) is 0. The quantitative estimate of drug-likeness (QED) is 0.227. The minimum Gasteiger partial charge on any atom is -0.309 e. The Labute approximate surface area is 126 Å². The van der Waals surface area contributed by atoms with Gasteiger partial charge in [-0.15, -0.1) is 0 Å². The van der Waals surface area contributed by atoms with Crippen molar-refractivity contribution >= 4 is 8.69 Å². The fraction of sp³-hybridized carbons (Fsp3) is 1.00. The molecule has 0 aromatic carbocycles. The first-order valence-corrected chi connectivity index (χ1v) is 9.59. The summed E-state index contributed by atoms with van der Waals surface area (Å²) >= 11 is 0. The minimum absolute atomic E-state index is 0.505. The highest BCUT2D eigenvalue weighted by molar-refractivity contribution is 7.41. The summed E-state index contributed by atoms with van der Waals surface area (Å²) < 4.78 is 23.4. The number of hydrogen-bond acceptors (Lipinski definition) is 2. The van der Waals surface area contributed by atoms with E-state index in [4.69, 9.17) is 9.05 Å². The molecule has 0 aromatic heterocycles. The zero-order chi connectivity index (χ0) is 14.9. The summed E-state index contributed by atoms with van der Waals surface area (Å²) in [5.41, 5.74) is 0. The van der Waals surface area contributed by atoms with Crippen molar-refractivity contribution < 1.29 is 13.2 Å². The van der Waals surface area contributed by atoms with Gasteiger partial charge in [-0.25, -0.2) is 0 Å². The summed E-state index contributed by atoms with van der Waals surface area (Å²) in [5.74, 6) is 0. The van der Waals surface area contributed by atoms with E-state index in [9.17, 15) is 4.20 Å². The average molecular weight is 308 g/mol. The zero-order valence-corrected chi connectivity index (χ0v) is 14.4. The molecule has 20 heavy (non-hydrogen) atoms. The van der Waals surface area contributed by atoms with E-state index < -0.39 is 8.69 Å². The van der Waals surface area contributed by atoms with Crippen molar-refractivity contribution in [2.45, 2.75) is 90.9 Å². The minimum atomic E-state index is -2.14. The van der Waals surface area contributed by atoms with E-state index >= 15 is 0 Å². The molecule has 0 amide bonds. The molecule has 0 saturated carbocycles. The third-order valence-electron chi connectivity index (χ3n) is 3.38. The van der Waals surface area contributed by atoms with Crippen LogP contribution in [0.15, 0.2) is 0 Å². The molecule has 0 saturated heterocycles. The first-order valence-electron chi connectivity index (χ1n) is 8.53. The Bertz CT molecular complexity index is 164. The van der Waals surface area contributed by atoms with E-state index in [1.807, 2.05) is 0 Å². The molecule has 0 spiro atoms. The zero-order valence-electron chi connectivity index (χ0n) is 13.5. The van der Waals surface area contributed by atoms with E-state index in [-0.39, 0.29) is 0 Å². The highest BCUT2D eigenvalue weighted by Crippen LogP contribution is 2.40. The van der Waals surface area contributed by atoms with Gasteiger partial charge in [0.2, 0.25) is 0 Å². The predicted molar refractivity (Wildman–Crippen MR) is 86.7 cm³/mol.